The highest BCUT2D eigenvalue weighted by Crippen LogP contribution is 2.31. The number of benzene rings is 2. The summed E-state index contributed by atoms with van der Waals surface area (Å²) in [5, 5.41) is 13.3. The van der Waals surface area contributed by atoms with Crippen LogP contribution in [0.5, 0.6) is 17.2 Å². The number of para-hydroxylation sites is 1. The lowest BCUT2D eigenvalue weighted by Gasteiger charge is -2.14. The predicted molar refractivity (Wildman–Crippen MR) is 123 cm³/mol. The smallest absolute Gasteiger partial charge is 0.337 e. The van der Waals surface area contributed by atoms with Crippen LogP contribution in [0.3, 0.4) is 0 Å². The Morgan fingerprint density at radius 2 is 1.72 bits per heavy atom. The average molecular weight is 439 g/mol. The fourth-order valence-electron chi connectivity index (χ4n) is 4.05. The number of methoxy groups -OCH3 is 3. The van der Waals surface area contributed by atoms with Crippen molar-refractivity contribution in [1.29, 1.82) is 0 Å². The summed E-state index contributed by atoms with van der Waals surface area (Å²) in [7, 11) is 4.84. The Morgan fingerprint density at radius 1 is 0.969 bits per heavy atom. The maximum absolute atomic E-state index is 12.1. The van der Waals surface area contributed by atoms with Gasteiger partial charge in [-0.05, 0) is 37.6 Å². The zero-order chi connectivity index (χ0) is 23.3. The molecule has 0 fully saturated rings. The van der Waals surface area contributed by atoms with E-state index in [1.807, 2.05) is 60.9 Å². The van der Waals surface area contributed by atoms with Gasteiger partial charge in [-0.3, -0.25) is 0 Å². The summed E-state index contributed by atoms with van der Waals surface area (Å²) in [6, 6.07) is 13.5. The third kappa shape index (κ3) is 4.73. The third-order valence-corrected chi connectivity index (χ3v) is 5.70. The van der Waals surface area contributed by atoms with Crippen LogP contribution < -0.4 is 19.5 Å². The van der Waals surface area contributed by atoms with Crippen LogP contribution in [0.4, 0.5) is 0 Å². The normalized spacial score (nSPS) is 10.8. The van der Waals surface area contributed by atoms with Crippen molar-refractivity contribution in [2.75, 3.05) is 21.3 Å². The molecule has 3 aromatic rings. The number of carboxylic acids is 1. The van der Waals surface area contributed by atoms with E-state index in [9.17, 15) is 9.90 Å². The van der Waals surface area contributed by atoms with Crippen molar-refractivity contribution in [3.8, 4) is 17.2 Å². The second-order valence-corrected chi connectivity index (χ2v) is 7.52. The zero-order valence-corrected chi connectivity index (χ0v) is 19.2. The van der Waals surface area contributed by atoms with Crippen LogP contribution in [0.25, 0.3) is 0 Å². The SMILES string of the molecule is COc1cccc(Cn2c(C)c(CNCc3cccc(OC)c3OC)c(C(=O)O)c2C)c1. The van der Waals surface area contributed by atoms with Crippen LogP contribution in [0.2, 0.25) is 0 Å². The minimum absolute atomic E-state index is 0.343. The molecule has 0 saturated heterocycles. The Kier molecular flexibility index (Phi) is 7.43. The first-order valence-corrected chi connectivity index (χ1v) is 10.4. The topological polar surface area (TPSA) is 82.0 Å². The third-order valence-electron chi connectivity index (χ3n) is 5.70. The first-order chi connectivity index (χ1) is 15.4. The van der Waals surface area contributed by atoms with Crippen molar-refractivity contribution in [2.24, 2.45) is 0 Å². The molecule has 170 valence electrons. The van der Waals surface area contributed by atoms with Crippen LogP contribution in [0, 0.1) is 13.8 Å². The lowest BCUT2D eigenvalue weighted by Crippen LogP contribution is -2.16. The number of carbonyl (C=O) groups is 1. The number of ether oxygens (including phenoxy) is 3. The van der Waals surface area contributed by atoms with Gasteiger partial charge in [-0.1, -0.05) is 24.3 Å². The highest BCUT2D eigenvalue weighted by Gasteiger charge is 2.22. The van der Waals surface area contributed by atoms with Crippen molar-refractivity contribution in [2.45, 2.75) is 33.5 Å². The maximum atomic E-state index is 12.1. The van der Waals surface area contributed by atoms with E-state index in [1.165, 1.54) is 0 Å². The summed E-state index contributed by atoms with van der Waals surface area (Å²) in [4.78, 5) is 12.1. The lowest BCUT2D eigenvalue weighted by molar-refractivity contribution is 0.0694. The summed E-state index contributed by atoms with van der Waals surface area (Å²) in [5.41, 5.74) is 4.76. The van der Waals surface area contributed by atoms with Crippen molar-refractivity contribution in [1.82, 2.24) is 9.88 Å². The van der Waals surface area contributed by atoms with Crippen molar-refractivity contribution >= 4 is 5.97 Å². The van der Waals surface area contributed by atoms with E-state index >= 15 is 0 Å². The molecular formula is C25H30N2O5. The molecule has 7 heteroatoms. The van der Waals surface area contributed by atoms with E-state index < -0.39 is 5.97 Å². The number of hydrogen-bond donors (Lipinski definition) is 2. The molecule has 1 aromatic heterocycles. The molecule has 32 heavy (non-hydrogen) atoms. The molecule has 0 radical (unpaired) electrons. The van der Waals surface area contributed by atoms with Crippen LogP contribution in [0.1, 0.15) is 38.4 Å². The highest BCUT2D eigenvalue weighted by molar-refractivity contribution is 5.91. The fraction of sp³-hybridized carbons (Fsp3) is 0.320. The van der Waals surface area contributed by atoms with Gasteiger partial charge < -0.3 is 29.2 Å². The highest BCUT2D eigenvalue weighted by atomic mass is 16.5. The Hall–Kier alpha value is -3.45. The molecular weight excluding hydrogens is 408 g/mol. The van der Waals surface area contributed by atoms with Crippen LogP contribution >= 0.6 is 0 Å². The average Bonchev–Trinajstić information content (AvgIpc) is 3.03. The minimum Gasteiger partial charge on any atom is -0.497 e. The van der Waals surface area contributed by atoms with Gasteiger partial charge >= 0.3 is 5.97 Å². The second kappa shape index (κ2) is 10.2. The molecule has 2 N–H and O–H groups in total. The first kappa shape index (κ1) is 23.2. The van der Waals surface area contributed by atoms with Gasteiger partial charge in [0.05, 0.1) is 26.9 Å². The standard InChI is InChI=1S/C25H30N2O5/c1-16-21(14-26-13-19-9-7-11-22(31-4)24(19)32-5)23(25(28)29)17(2)27(16)15-18-8-6-10-20(12-18)30-3/h6-12,26H,13-15H2,1-5H3,(H,28,29). The van der Waals surface area contributed by atoms with E-state index in [2.05, 4.69) is 5.32 Å². The number of hydrogen-bond acceptors (Lipinski definition) is 5. The van der Waals surface area contributed by atoms with Gasteiger partial charge in [-0.25, -0.2) is 4.79 Å². The van der Waals surface area contributed by atoms with E-state index in [-0.39, 0.29) is 0 Å². The molecule has 0 amide bonds. The molecule has 1 heterocycles. The Labute approximate surface area is 188 Å². The number of rotatable bonds is 10. The van der Waals surface area contributed by atoms with E-state index in [0.717, 1.165) is 33.8 Å². The van der Waals surface area contributed by atoms with Gasteiger partial charge in [-0.15, -0.1) is 0 Å². The number of aromatic nitrogens is 1. The van der Waals surface area contributed by atoms with Crippen LogP contribution in [-0.4, -0.2) is 37.0 Å². The van der Waals surface area contributed by atoms with Gasteiger partial charge in [0.25, 0.3) is 0 Å². The Bertz CT molecular complexity index is 1100. The van der Waals surface area contributed by atoms with E-state index in [1.54, 1.807) is 21.3 Å². The largest absolute Gasteiger partial charge is 0.497 e. The van der Waals surface area contributed by atoms with E-state index in [4.69, 9.17) is 14.2 Å². The van der Waals surface area contributed by atoms with Crippen molar-refractivity contribution in [3.63, 3.8) is 0 Å². The van der Waals surface area contributed by atoms with Crippen LogP contribution in [0.15, 0.2) is 42.5 Å². The zero-order valence-electron chi connectivity index (χ0n) is 19.2. The molecule has 0 aliphatic heterocycles. The monoisotopic (exact) mass is 438 g/mol. The quantitative estimate of drug-likeness (QED) is 0.495. The predicted octanol–water partition coefficient (Wildman–Crippen LogP) is 4.17. The maximum Gasteiger partial charge on any atom is 0.337 e. The number of carboxylic acid groups (broad SMARTS) is 1. The molecule has 0 bridgehead atoms. The molecule has 0 unspecified atom stereocenters. The molecule has 0 atom stereocenters. The van der Waals surface area contributed by atoms with Gasteiger partial charge in [-0.2, -0.15) is 0 Å². The number of nitrogens with one attached hydrogen (secondary N) is 1. The van der Waals surface area contributed by atoms with Crippen molar-refractivity contribution < 1.29 is 24.1 Å². The molecule has 0 saturated carbocycles. The first-order valence-electron chi connectivity index (χ1n) is 10.4. The van der Waals surface area contributed by atoms with Gasteiger partial charge in [0.15, 0.2) is 11.5 Å². The molecule has 3 rings (SSSR count). The summed E-state index contributed by atoms with van der Waals surface area (Å²) in [5.74, 6) is 1.18. The van der Waals surface area contributed by atoms with Crippen molar-refractivity contribution in [3.05, 3.63) is 76.1 Å². The summed E-state index contributed by atoms with van der Waals surface area (Å²) in [6.45, 7) is 5.31. The van der Waals surface area contributed by atoms with Gasteiger partial charge in [0.1, 0.15) is 5.75 Å². The molecule has 2 aromatic carbocycles. The van der Waals surface area contributed by atoms with Crippen LogP contribution in [-0.2, 0) is 19.6 Å². The van der Waals surface area contributed by atoms with Gasteiger partial charge in [0, 0.05) is 42.1 Å². The number of aromatic carboxylic acids is 1. The minimum atomic E-state index is -0.925. The summed E-state index contributed by atoms with van der Waals surface area (Å²) >= 11 is 0. The summed E-state index contributed by atoms with van der Waals surface area (Å²) in [6.07, 6.45) is 0. The lowest BCUT2D eigenvalue weighted by atomic mass is 10.1. The molecule has 0 aliphatic carbocycles. The fourth-order valence-corrected chi connectivity index (χ4v) is 4.05. The Balaban J connectivity index is 1.85. The second-order valence-electron chi connectivity index (χ2n) is 7.52. The molecule has 0 aliphatic rings. The molecule has 0 spiro atoms. The Morgan fingerprint density at radius 3 is 2.38 bits per heavy atom. The molecule has 7 nitrogen and oxygen atoms in total. The summed E-state index contributed by atoms with van der Waals surface area (Å²) < 4.78 is 18.2. The number of nitrogens with zero attached hydrogens (tertiary/aromatic N) is 1. The van der Waals surface area contributed by atoms with Gasteiger partial charge in [0.2, 0.25) is 0 Å². The van der Waals surface area contributed by atoms with E-state index in [0.29, 0.717) is 36.7 Å².